The zero-order valence-corrected chi connectivity index (χ0v) is 16.2. The highest BCUT2D eigenvalue weighted by atomic mass is 19.1. The molecule has 0 aromatic heterocycles. The molecule has 0 heterocycles. The van der Waals surface area contributed by atoms with Gasteiger partial charge in [0.15, 0.2) is 0 Å². The van der Waals surface area contributed by atoms with Crippen molar-refractivity contribution in [2.45, 2.75) is 13.8 Å². The molecule has 7 heteroatoms. The predicted octanol–water partition coefficient (Wildman–Crippen LogP) is 2.49. The molecule has 2 aromatic rings. The van der Waals surface area contributed by atoms with E-state index in [9.17, 15) is 9.18 Å². The second-order valence-corrected chi connectivity index (χ2v) is 5.90. The number of benzene rings is 2. The van der Waals surface area contributed by atoms with E-state index in [0.29, 0.717) is 41.4 Å². The fraction of sp³-hybridized carbons (Fsp3) is 0.238. The highest BCUT2D eigenvalue weighted by Crippen LogP contribution is 2.16. The average molecular weight is 385 g/mol. The fourth-order valence-corrected chi connectivity index (χ4v) is 2.49. The summed E-state index contributed by atoms with van der Waals surface area (Å²) in [6, 6.07) is 9.96. The molecule has 28 heavy (non-hydrogen) atoms. The van der Waals surface area contributed by atoms with Crippen LogP contribution in [-0.4, -0.2) is 32.4 Å². The number of aliphatic imine (C=N–C) groups is 1. The summed E-state index contributed by atoms with van der Waals surface area (Å²) in [4.78, 5) is 15.4. The standard InChI is InChI=1S/C21H24FN3O3/c1-5-23-21(25-17-8-6-16(7-9-17)24-15(3)26)20-14(2)12-18(13-19(20)22)28-11-10-27-4/h5-9,12-13,25H,2,10-11H2,1,3-4H3,(H,24,26)/b21-20-,23-5-. The van der Waals surface area contributed by atoms with Crippen LogP contribution in [0.5, 0.6) is 5.75 Å². The van der Waals surface area contributed by atoms with Gasteiger partial charge in [-0.05, 0) is 42.5 Å². The minimum absolute atomic E-state index is 0.153. The fourth-order valence-electron chi connectivity index (χ4n) is 2.49. The van der Waals surface area contributed by atoms with E-state index in [1.54, 1.807) is 50.6 Å². The molecule has 0 unspecified atom stereocenters. The van der Waals surface area contributed by atoms with E-state index in [4.69, 9.17) is 9.47 Å². The molecular weight excluding hydrogens is 361 g/mol. The summed E-state index contributed by atoms with van der Waals surface area (Å²) in [5, 5.41) is 6.48. The van der Waals surface area contributed by atoms with Gasteiger partial charge in [0, 0.05) is 37.7 Å². The molecule has 0 bridgehead atoms. The van der Waals surface area contributed by atoms with Gasteiger partial charge in [0.2, 0.25) is 5.91 Å². The molecule has 0 radical (unpaired) electrons. The van der Waals surface area contributed by atoms with Gasteiger partial charge in [-0.15, -0.1) is 0 Å². The number of methoxy groups -OCH3 is 1. The topological polar surface area (TPSA) is 72.0 Å². The summed E-state index contributed by atoms with van der Waals surface area (Å²) < 4.78 is 25.2. The molecular formula is C21H24FN3O3. The second kappa shape index (κ2) is 10.2. The Balaban J connectivity index is 2.37. The number of nitrogens with one attached hydrogen (secondary N) is 2. The van der Waals surface area contributed by atoms with Crippen LogP contribution < -0.4 is 25.8 Å². The highest BCUT2D eigenvalue weighted by molar-refractivity contribution is 5.89. The molecule has 0 atom stereocenters. The second-order valence-electron chi connectivity index (χ2n) is 5.90. The summed E-state index contributed by atoms with van der Waals surface area (Å²) in [7, 11) is 1.57. The number of hydrogen-bond acceptors (Lipinski definition) is 5. The minimum atomic E-state index is -0.497. The molecule has 0 aliphatic rings. The van der Waals surface area contributed by atoms with E-state index in [0.717, 1.165) is 0 Å². The lowest BCUT2D eigenvalue weighted by Crippen LogP contribution is -2.31. The van der Waals surface area contributed by atoms with Crippen molar-refractivity contribution in [3.63, 3.8) is 0 Å². The van der Waals surface area contributed by atoms with E-state index in [-0.39, 0.29) is 11.1 Å². The molecule has 0 fully saturated rings. The van der Waals surface area contributed by atoms with Gasteiger partial charge in [-0.3, -0.25) is 4.79 Å². The van der Waals surface area contributed by atoms with Gasteiger partial charge in [-0.25, -0.2) is 9.38 Å². The summed E-state index contributed by atoms with van der Waals surface area (Å²) >= 11 is 0. The van der Waals surface area contributed by atoms with Crippen molar-refractivity contribution in [3.8, 4) is 5.75 Å². The number of nitrogens with zero attached hydrogens (tertiary/aromatic N) is 1. The van der Waals surface area contributed by atoms with Crippen molar-refractivity contribution in [1.82, 2.24) is 0 Å². The van der Waals surface area contributed by atoms with Crippen LogP contribution in [0.25, 0.3) is 12.4 Å². The van der Waals surface area contributed by atoms with Gasteiger partial charge >= 0.3 is 0 Å². The van der Waals surface area contributed by atoms with Crippen molar-refractivity contribution >= 4 is 35.9 Å². The van der Waals surface area contributed by atoms with Crippen molar-refractivity contribution in [1.29, 1.82) is 0 Å². The van der Waals surface area contributed by atoms with Crippen LogP contribution in [0.1, 0.15) is 13.8 Å². The van der Waals surface area contributed by atoms with Crippen LogP contribution in [0, 0.1) is 5.82 Å². The molecule has 0 aliphatic carbocycles. The van der Waals surface area contributed by atoms with E-state index in [1.807, 2.05) is 0 Å². The van der Waals surface area contributed by atoms with Crippen molar-refractivity contribution in [3.05, 3.63) is 52.7 Å². The molecule has 2 rings (SSSR count). The molecule has 0 aliphatic heterocycles. The Morgan fingerprint density at radius 3 is 2.36 bits per heavy atom. The monoisotopic (exact) mass is 385 g/mol. The first-order chi connectivity index (χ1) is 13.4. The Kier molecular flexibility index (Phi) is 7.71. The number of carbonyl (C=O) groups excluding carboxylic acids is 1. The van der Waals surface area contributed by atoms with Gasteiger partial charge in [0.05, 0.1) is 11.8 Å². The molecule has 0 spiro atoms. The summed E-state index contributed by atoms with van der Waals surface area (Å²) in [6.07, 6.45) is 1.57. The maximum Gasteiger partial charge on any atom is 0.221 e. The molecule has 0 saturated carbocycles. The van der Waals surface area contributed by atoms with Crippen molar-refractivity contribution in [2.75, 3.05) is 31.0 Å². The number of anilines is 2. The lowest BCUT2D eigenvalue weighted by molar-refractivity contribution is -0.114. The quantitative estimate of drug-likeness (QED) is 0.541. The normalized spacial score (nSPS) is 12.0. The van der Waals surface area contributed by atoms with Gasteiger partial charge < -0.3 is 20.1 Å². The molecule has 148 valence electrons. The zero-order chi connectivity index (χ0) is 20.5. The van der Waals surface area contributed by atoms with Crippen LogP contribution in [0.2, 0.25) is 0 Å². The van der Waals surface area contributed by atoms with E-state index >= 15 is 0 Å². The van der Waals surface area contributed by atoms with Crippen molar-refractivity contribution in [2.24, 2.45) is 4.99 Å². The third kappa shape index (κ3) is 5.92. The smallest absolute Gasteiger partial charge is 0.221 e. The Morgan fingerprint density at radius 1 is 1.18 bits per heavy atom. The Bertz CT molecular complexity index is 956. The molecule has 2 N–H and O–H groups in total. The largest absolute Gasteiger partial charge is 0.491 e. The maximum atomic E-state index is 14.8. The van der Waals surface area contributed by atoms with Crippen LogP contribution >= 0.6 is 0 Å². The van der Waals surface area contributed by atoms with Gasteiger partial charge in [-0.2, -0.15) is 0 Å². The van der Waals surface area contributed by atoms with E-state index in [2.05, 4.69) is 22.2 Å². The van der Waals surface area contributed by atoms with Crippen molar-refractivity contribution < 1.29 is 18.7 Å². The lowest BCUT2D eigenvalue weighted by Gasteiger charge is -2.10. The summed E-state index contributed by atoms with van der Waals surface area (Å²) in [5.74, 6) is 0.0477. The molecule has 1 amide bonds. The first-order valence-corrected chi connectivity index (χ1v) is 8.72. The van der Waals surface area contributed by atoms with Gasteiger partial charge in [0.25, 0.3) is 0 Å². The number of halogens is 1. The third-order valence-electron chi connectivity index (χ3n) is 3.66. The Labute approximate surface area is 163 Å². The minimum Gasteiger partial charge on any atom is -0.491 e. The molecule has 2 aromatic carbocycles. The number of hydrogen-bond donors (Lipinski definition) is 2. The maximum absolute atomic E-state index is 14.8. The van der Waals surface area contributed by atoms with Gasteiger partial charge in [0.1, 0.15) is 24.0 Å². The SMILES string of the molecule is C=c1cc(OCCOC)cc(F)/c1=C(/N=C\C)Nc1ccc(NC(C)=O)cc1. The van der Waals surface area contributed by atoms with E-state index in [1.165, 1.54) is 13.0 Å². The molecule has 6 nitrogen and oxygen atoms in total. The average Bonchev–Trinajstić information content (AvgIpc) is 2.63. The molecule has 0 saturated heterocycles. The number of ether oxygens (including phenoxy) is 2. The highest BCUT2D eigenvalue weighted by Gasteiger charge is 2.07. The predicted molar refractivity (Wildman–Crippen MR) is 110 cm³/mol. The summed E-state index contributed by atoms with van der Waals surface area (Å²) in [5.41, 5.74) is 1.36. The van der Waals surface area contributed by atoms with Crippen LogP contribution in [-0.2, 0) is 9.53 Å². The van der Waals surface area contributed by atoms with Crippen LogP contribution in [0.4, 0.5) is 15.8 Å². The summed E-state index contributed by atoms with van der Waals surface area (Å²) in [6.45, 7) is 7.83. The van der Waals surface area contributed by atoms with Gasteiger partial charge in [-0.1, -0.05) is 6.58 Å². The first-order valence-electron chi connectivity index (χ1n) is 8.72. The zero-order valence-electron chi connectivity index (χ0n) is 16.2. The first kappa shape index (κ1) is 21.1. The lowest BCUT2D eigenvalue weighted by atomic mass is 10.2. The number of carbonyl (C=O) groups is 1. The van der Waals surface area contributed by atoms with Crippen LogP contribution in [0.15, 0.2) is 41.4 Å². The van der Waals surface area contributed by atoms with Crippen LogP contribution in [0.3, 0.4) is 0 Å². The Morgan fingerprint density at radius 2 is 1.82 bits per heavy atom. The Hall–Kier alpha value is -3.19. The van der Waals surface area contributed by atoms with E-state index < -0.39 is 5.82 Å². The third-order valence-corrected chi connectivity index (χ3v) is 3.66. The number of rotatable bonds is 8. The number of amides is 1.